The number of carbonyl (C=O) groups excluding carboxylic acids is 1. The van der Waals surface area contributed by atoms with Gasteiger partial charge >= 0.3 is 6.18 Å². The van der Waals surface area contributed by atoms with Gasteiger partial charge in [0, 0.05) is 0 Å². The Morgan fingerprint density at radius 2 is 2.00 bits per heavy atom. The van der Waals surface area contributed by atoms with Crippen molar-refractivity contribution in [2.75, 3.05) is 11.9 Å². The number of halogens is 4. The highest BCUT2D eigenvalue weighted by Gasteiger charge is 2.29. The molecule has 120 valence electrons. The number of para-hydroxylation sites is 2. The minimum absolute atomic E-state index is 0. The summed E-state index contributed by atoms with van der Waals surface area (Å²) >= 11 is 0. The van der Waals surface area contributed by atoms with Gasteiger partial charge in [0.15, 0.2) is 6.61 Å². The van der Waals surface area contributed by atoms with Gasteiger partial charge in [-0.15, -0.1) is 12.4 Å². The zero-order valence-corrected chi connectivity index (χ0v) is 12.3. The number of anilines is 1. The highest BCUT2D eigenvalue weighted by Crippen LogP contribution is 2.26. The second-order valence-electron chi connectivity index (χ2n) is 4.28. The van der Waals surface area contributed by atoms with Crippen LogP contribution in [-0.2, 0) is 4.79 Å². The van der Waals surface area contributed by atoms with Gasteiger partial charge in [0.25, 0.3) is 0 Å². The molecule has 0 bridgehead atoms. The summed E-state index contributed by atoms with van der Waals surface area (Å²) in [4.78, 5) is 11.7. The average molecular weight is 327 g/mol. The van der Waals surface area contributed by atoms with Gasteiger partial charge < -0.3 is 15.8 Å². The summed E-state index contributed by atoms with van der Waals surface area (Å²) in [7, 11) is 0. The van der Waals surface area contributed by atoms with Gasteiger partial charge in [-0.2, -0.15) is 13.2 Å². The number of nitrogens with one attached hydrogen (secondary N) is 1. The van der Waals surface area contributed by atoms with E-state index in [-0.39, 0.29) is 23.8 Å². The zero-order valence-electron chi connectivity index (χ0n) is 11.4. The summed E-state index contributed by atoms with van der Waals surface area (Å²) in [5.41, 5.74) is 5.81. The van der Waals surface area contributed by atoms with Crippen molar-refractivity contribution in [3.63, 3.8) is 0 Å². The fourth-order valence-corrected chi connectivity index (χ4v) is 1.52. The second kappa shape index (κ2) is 8.74. The molecule has 0 radical (unpaired) electrons. The molecule has 3 N–H and O–H groups in total. The maximum Gasteiger partial charge on any atom is 0.422 e. The number of ether oxygens (including phenoxy) is 1. The van der Waals surface area contributed by atoms with Gasteiger partial charge in [-0.05, 0) is 18.6 Å². The van der Waals surface area contributed by atoms with Gasteiger partial charge in [-0.25, -0.2) is 0 Å². The van der Waals surface area contributed by atoms with Crippen molar-refractivity contribution in [3.8, 4) is 5.75 Å². The second-order valence-corrected chi connectivity index (χ2v) is 4.28. The Kier molecular flexibility index (Phi) is 8.12. The van der Waals surface area contributed by atoms with Crippen molar-refractivity contribution in [2.45, 2.75) is 32.0 Å². The highest BCUT2D eigenvalue weighted by atomic mass is 35.5. The summed E-state index contributed by atoms with van der Waals surface area (Å²) in [5.74, 6) is -0.489. The molecule has 1 unspecified atom stereocenters. The van der Waals surface area contributed by atoms with Crippen LogP contribution in [0.3, 0.4) is 0 Å². The molecule has 1 aromatic rings. The van der Waals surface area contributed by atoms with Crippen molar-refractivity contribution in [1.29, 1.82) is 0 Å². The summed E-state index contributed by atoms with van der Waals surface area (Å²) < 4.78 is 41.1. The van der Waals surface area contributed by atoms with Crippen molar-refractivity contribution < 1.29 is 22.7 Å². The van der Waals surface area contributed by atoms with Gasteiger partial charge in [0.1, 0.15) is 5.75 Å². The van der Waals surface area contributed by atoms with E-state index in [9.17, 15) is 18.0 Å². The lowest BCUT2D eigenvalue weighted by molar-refractivity contribution is -0.153. The Bertz CT molecular complexity index is 455. The maximum atomic E-state index is 12.1. The van der Waals surface area contributed by atoms with Crippen LogP contribution in [0.15, 0.2) is 24.3 Å². The maximum absolute atomic E-state index is 12.1. The number of hydrogen-bond donors (Lipinski definition) is 2. The van der Waals surface area contributed by atoms with E-state index in [0.717, 1.165) is 6.42 Å². The Morgan fingerprint density at radius 3 is 2.57 bits per heavy atom. The Morgan fingerprint density at radius 1 is 1.38 bits per heavy atom. The Hall–Kier alpha value is -1.47. The number of nitrogens with two attached hydrogens (primary N) is 1. The number of benzene rings is 1. The number of hydrogen-bond acceptors (Lipinski definition) is 3. The molecular weight excluding hydrogens is 309 g/mol. The Labute approximate surface area is 127 Å². The predicted octanol–water partition coefficient (Wildman–Crippen LogP) is 3.12. The third-order valence-electron chi connectivity index (χ3n) is 2.47. The van der Waals surface area contributed by atoms with Crippen molar-refractivity contribution in [3.05, 3.63) is 24.3 Å². The molecule has 0 aliphatic rings. The normalized spacial score (nSPS) is 12.2. The number of alkyl halides is 3. The van der Waals surface area contributed by atoms with Crippen LogP contribution in [0.4, 0.5) is 18.9 Å². The molecule has 1 rings (SSSR count). The topological polar surface area (TPSA) is 64.4 Å². The summed E-state index contributed by atoms with van der Waals surface area (Å²) in [6.07, 6.45) is -3.20. The largest absolute Gasteiger partial charge is 0.482 e. The van der Waals surface area contributed by atoms with E-state index < -0.39 is 24.7 Å². The van der Waals surface area contributed by atoms with Crippen LogP contribution >= 0.6 is 12.4 Å². The zero-order chi connectivity index (χ0) is 15.2. The first-order valence-electron chi connectivity index (χ1n) is 6.18. The molecule has 1 atom stereocenters. The fraction of sp³-hybridized carbons (Fsp3) is 0.462. The molecule has 0 spiro atoms. The molecule has 0 aliphatic heterocycles. The first kappa shape index (κ1) is 19.5. The van der Waals surface area contributed by atoms with Crippen molar-refractivity contribution in [2.24, 2.45) is 5.73 Å². The highest BCUT2D eigenvalue weighted by molar-refractivity contribution is 5.95. The standard InChI is InChI=1S/C13H17F3N2O2.ClH/c1-2-5-9(17)12(19)18-10-6-3-4-7-11(10)20-8-13(14,15)16;/h3-4,6-7,9H,2,5,8,17H2,1H3,(H,18,19);1H. The van der Waals surface area contributed by atoms with Gasteiger partial charge in [0.2, 0.25) is 5.91 Å². The molecule has 0 heterocycles. The quantitative estimate of drug-likeness (QED) is 0.844. The molecule has 1 amide bonds. The third-order valence-corrected chi connectivity index (χ3v) is 2.47. The first-order chi connectivity index (χ1) is 9.33. The number of rotatable bonds is 6. The van der Waals surface area contributed by atoms with Gasteiger partial charge in [-0.3, -0.25) is 4.79 Å². The van der Waals surface area contributed by atoms with Crippen molar-refractivity contribution >= 4 is 24.0 Å². The Balaban J connectivity index is 0.00000400. The molecule has 0 saturated heterocycles. The van der Waals surface area contributed by atoms with E-state index in [4.69, 9.17) is 5.73 Å². The first-order valence-corrected chi connectivity index (χ1v) is 6.18. The van der Waals surface area contributed by atoms with Crippen molar-refractivity contribution in [1.82, 2.24) is 0 Å². The van der Waals surface area contributed by atoms with E-state index in [1.807, 2.05) is 6.92 Å². The molecule has 4 nitrogen and oxygen atoms in total. The fourth-order valence-electron chi connectivity index (χ4n) is 1.52. The molecule has 0 aliphatic carbocycles. The molecule has 0 saturated carbocycles. The number of amides is 1. The van der Waals surface area contributed by atoms with E-state index in [0.29, 0.717) is 6.42 Å². The molecule has 1 aromatic carbocycles. The SMILES string of the molecule is CCCC(N)C(=O)Nc1ccccc1OCC(F)(F)F.Cl. The van der Waals surface area contributed by atoms with Crippen LogP contribution in [0.2, 0.25) is 0 Å². The predicted molar refractivity (Wildman–Crippen MR) is 76.8 cm³/mol. The van der Waals surface area contributed by atoms with Crippen LogP contribution in [0.25, 0.3) is 0 Å². The molecular formula is C13H18ClF3N2O2. The summed E-state index contributed by atoms with van der Waals surface area (Å²) in [6.45, 7) is 0.467. The lowest BCUT2D eigenvalue weighted by atomic mass is 10.1. The van der Waals surface area contributed by atoms with Crippen LogP contribution < -0.4 is 15.8 Å². The molecule has 0 fully saturated rings. The monoisotopic (exact) mass is 326 g/mol. The van der Waals surface area contributed by atoms with Gasteiger partial charge in [-0.1, -0.05) is 25.5 Å². The van der Waals surface area contributed by atoms with Crippen LogP contribution in [0, 0.1) is 0 Å². The number of carbonyl (C=O) groups is 1. The van der Waals surface area contributed by atoms with Crippen LogP contribution in [0.5, 0.6) is 5.75 Å². The van der Waals surface area contributed by atoms with E-state index in [1.54, 1.807) is 6.07 Å². The van der Waals surface area contributed by atoms with Crippen LogP contribution in [0.1, 0.15) is 19.8 Å². The van der Waals surface area contributed by atoms with Gasteiger partial charge in [0.05, 0.1) is 11.7 Å². The van der Waals surface area contributed by atoms with E-state index >= 15 is 0 Å². The lowest BCUT2D eigenvalue weighted by Gasteiger charge is -2.15. The van der Waals surface area contributed by atoms with Crippen LogP contribution in [-0.4, -0.2) is 24.7 Å². The third kappa shape index (κ3) is 7.19. The smallest absolute Gasteiger partial charge is 0.422 e. The lowest BCUT2D eigenvalue weighted by Crippen LogP contribution is -2.35. The average Bonchev–Trinajstić information content (AvgIpc) is 2.37. The molecule has 0 aromatic heterocycles. The van der Waals surface area contributed by atoms with E-state index in [1.165, 1.54) is 18.2 Å². The molecule has 21 heavy (non-hydrogen) atoms. The summed E-state index contributed by atoms with van der Waals surface area (Å²) in [6, 6.07) is 5.22. The van der Waals surface area contributed by atoms with E-state index in [2.05, 4.69) is 10.1 Å². The minimum atomic E-state index is -4.43. The minimum Gasteiger partial charge on any atom is -0.482 e. The molecule has 8 heteroatoms. The summed E-state index contributed by atoms with van der Waals surface area (Å²) in [5, 5.41) is 2.48.